The van der Waals surface area contributed by atoms with Gasteiger partial charge in [-0.1, -0.05) is 39.0 Å². The standard InChI is InChI=1S/C29H36BFN5/c1-7-22-9-8-10-25(31)27(22)21(5)34-13-11-18(2)20(4)35-26-15-19(3)28(33)24(16-30-6)29(26)36-14-12-23(32)17-36/h8-11,13,15-16,23,33,35H,2,4,7,12,14,17,32H2,1,3,5-6H3/b13-11-,24-16+,33-28?,34-21?. The van der Waals surface area contributed by atoms with Crippen molar-refractivity contribution < 1.29 is 4.39 Å². The van der Waals surface area contributed by atoms with Gasteiger partial charge < -0.3 is 16.0 Å². The van der Waals surface area contributed by atoms with Gasteiger partial charge in [-0.2, -0.15) is 0 Å². The molecule has 1 heterocycles. The van der Waals surface area contributed by atoms with Crippen molar-refractivity contribution in [2.75, 3.05) is 13.1 Å². The highest BCUT2D eigenvalue weighted by molar-refractivity contribution is 6.42. The number of halogens is 1. The van der Waals surface area contributed by atoms with Crippen molar-refractivity contribution in [3.05, 3.63) is 106 Å². The van der Waals surface area contributed by atoms with E-state index in [1.165, 1.54) is 6.07 Å². The Morgan fingerprint density at radius 3 is 2.78 bits per heavy atom. The van der Waals surface area contributed by atoms with E-state index in [0.717, 1.165) is 54.0 Å². The third-order valence-corrected chi connectivity index (χ3v) is 6.47. The molecule has 0 bridgehead atoms. The van der Waals surface area contributed by atoms with E-state index < -0.39 is 0 Å². The lowest BCUT2D eigenvalue weighted by Crippen LogP contribution is -2.33. The highest BCUT2D eigenvalue weighted by Crippen LogP contribution is 2.31. The Balaban J connectivity index is 1.84. The largest absolute Gasteiger partial charge is 0.368 e. The molecular formula is C29H36BFN5. The van der Waals surface area contributed by atoms with E-state index in [-0.39, 0.29) is 11.9 Å². The van der Waals surface area contributed by atoms with Gasteiger partial charge in [0.25, 0.3) is 0 Å². The fourth-order valence-electron chi connectivity index (χ4n) is 4.50. The lowest BCUT2D eigenvalue weighted by molar-refractivity contribution is 0.424. The van der Waals surface area contributed by atoms with Crippen LogP contribution in [0.15, 0.2) is 94.5 Å². The molecule has 3 rings (SSSR count). The molecular weight excluding hydrogens is 448 g/mol. The average Bonchev–Trinajstić information content (AvgIpc) is 3.27. The fraction of sp³-hybridized carbons (Fsp3) is 0.310. The lowest BCUT2D eigenvalue weighted by Gasteiger charge is -2.31. The van der Waals surface area contributed by atoms with Crippen LogP contribution >= 0.6 is 0 Å². The molecule has 187 valence electrons. The predicted octanol–water partition coefficient (Wildman–Crippen LogP) is 5.23. The fourth-order valence-corrected chi connectivity index (χ4v) is 4.50. The summed E-state index contributed by atoms with van der Waals surface area (Å²) < 4.78 is 14.4. The second-order valence-corrected chi connectivity index (χ2v) is 9.16. The van der Waals surface area contributed by atoms with Crippen LogP contribution in [-0.4, -0.2) is 42.7 Å². The summed E-state index contributed by atoms with van der Waals surface area (Å²) in [5.74, 6) is 1.70. The summed E-state index contributed by atoms with van der Waals surface area (Å²) in [5.41, 5.74) is 13.6. The van der Waals surface area contributed by atoms with Crippen molar-refractivity contribution >= 4 is 18.7 Å². The first kappa shape index (κ1) is 27.1. The van der Waals surface area contributed by atoms with Crippen molar-refractivity contribution in [3.8, 4) is 0 Å². The smallest absolute Gasteiger partial charge is 0.138 e. The molecule has 1 fully saturated rings. The SMILES string of the molecule is C=C(/C=C\N=C(C)c1c(F)cccc1CC)C(=C)NC1=C(N2CCC(N)C2)/C(=C/[B]C)C(=N)C(C)=C1. The third kappa shape index (κ3) is 6.03. The van der Waals surface area contributed by atoms with Crippen molar-refractivity contribution in [2.45, 2.75) is 46.5 Å². The van der Waals surface area contributed by atoms with E-state index >= 15 is 0 Å². The van der Waals surface area contributed by atoms with Crippen molar-refractivity contribution in [1.82, 2.24) is 10.2 Å². The summed E-state index contributed by atoms with van der Waals surface area (Å²) in [6, 6.07) is 5.21. The van der Waals surface area contributed by atoms with Gasteiger partial charge in [0.05, 0.1) is 17.1 Å². The third-order valence-electron chi connectivity index (χ3n) is 6.47. The van der Waals surface area contributed by atoms with Gasteiger partial charge in [-0.3, -0.25) is 10.4 Å². The van der Waals surface area contributed by atoms with Gasteiger partial charge in [0, 0.05) is 47.9 Å². The molecule has 1 aliphatic heterocycles. The molecule has 36 heavy (non-hydrogen) atoms. The summed E-state index contributed by atoms with van der Waals surface area (Å²) in [5, 5.41) is 12.0. The molecule has 1 aromatic carbocycles. The number of nitrogens with one attached hydrogen (secondary N) is 2. The minimum atomic E-state index is -0.270. The van der Waals surface area contributed by atoms with E-state index in [2.05, 4.69) is 28.4 Å². The number of aliphatic imine (C=N–C) groups is 1. The van der Waals surface area contributed by atoms with Gasteiger partial charge in [-0.05, 0) is 61.6 Å². The molecule has 1 saturated heterocycles. The van der Waals surface area contributed by atoms with Crippen molar-refractivity contribution in [3.63, 3.8) is 0 Å². The molecule has 1 aromatic rings. The first-order chi connectivity index (χ1) is 17.2. The summed E-state index contributed by atoms with van der Waals surface area (Å²) in [4.78, 5) is 6.69. The van der Waals surface area contributed by atoms with Crippen LogP contribution in [0.5, 0.6) is 0 Å². The molecule has 5 nitrogen and oxygen atoms in total. The Kier molecular flexibility index (Phi) is 9.05. The second-order valence-electron chi connectivity index (χ2n) is 9.16. The van der Waals surface area contributed by atoms with E-state index in [0.29, 0.717) is 28.3 Å². The van der Waals surface area contributed by atoms with E-state index in [9.17, 15) is 4.39 Å². The minimum absolute atomic E-state index is 0.108. The number of aryl methyl sites for hydroxylation is 1. The van der Waals surface area contributed by atoms with Gasteiger partial charge >= 0.3 is 0 Å². The number of likely N-dealkylation sites (tertiary alicyclic amines) is 1. The van der Waals surface area contributed by atoms with Crippen LogP contribution in [0, 0.1) is 11.2 Å². The molecule has 1 radical (unpaired) electrons. The summed E-state index contributed by atoms with van der Waals surface area (Å²) in [6.45, 7) is 17.6. The number of allylic oxidation sites excluding steroid dienone is 4. The zero-order valence-corrected chi connectivity index (χ0v) is 21.8. The summed E-state index contributed by atoms with van der Waals surface area (Å²) in [6.07, 6.45) is 7.00. The number of nitrogens with two attached hydrogens (primary N) is 1. The Morgan fingerprint density at radius 1 is 1.39 bits per heavy atom. The van der Waals surface area contributed by atoms with Crippen LogP contribution in [0.1, 0.15) is 38.3 Å². The maximum absolute atomic E-state index is 14.4. The first-order valence-electron chi connectivity index (χ1n) is 12.3. The zero-order valence-electron chi connectivity index (χ0n) is 21.8. The van der Waals surface area contributed by atoms with E-state index in [4.69, 9.17) is 11.1 Å². The van der Waals surface area contributed by atoms with Crippen LogP contribution in [0.25, 0.3) is 0 Å². The topological polar surface area (TPSA) is 77.5 Å². The molecule has 0 aromatic heterocycles. The minimum Gasteiger partial charge on any atom is -0.368 e. The molecule has 1 atom stereocenters. The van der Waals surface area contributed by atoms with Crippen LogP contribution in [0.3, 0.4) is 0 Å². The van der Waals surface area contributed by atoms with Gasteiger partial charge in [-0.15, -0.1) is 5.98 Å². The quantitative estimate of drug-likeness (QED) is 0.255. The second kappa shape index (κ2) is 12.0. The maximum atomic E-state index is 14.4. The van der Waals surface area contributed by atoms with Crippen molar-refractivity contribution in [2.24, 2.45) is 10.7 Å². The van der Waals surface area contributed by atoms with Crippen LogP contribution in [0.2, 0.25) is 6.82 Å². The molecule has 7 heteroatoms. The van der Waals surface area contributed by atoms with Crippen LogP contribution in [0.4, 0.5) is 4.39 Å². The molecule has 1 aliphatic carbocycles. The number of benzene rings is 1. The molecule has 1 unspecified atom stereocenters. The Morgan fingerprint density at radius 2 is 2.14 bits per heavy atom. The van der Waals surface area contributed by atoms with Crippen LogP contribution < -0.4 is 11.1 Å². The molecule has 0 amide bonds. The first-order valence-corrected chi connectivity index (χ1v) is 12.3. The number of hydrogen-bond donors (Lipinski definition) is 3. The maximum Gasteiger partial charge on any atom is 0.138 e. The average molecular weight is 484 g/mol. The highest BCUT2D eigenvalue weighted by atomic mass is 19.1. The molecule has 4 N–H and O–H groups in total. The predicted molar refractivity (Wildman–Crippen MR) is 151 cm³/mol. The Bertz CT molecular complexity index is 1220. The highest BCUT2D eigenvalue weighted by Gasteiger charge is 2.30. The number of hydrogen-bond acceptors (Lipinski definition) is 5. The molecule has 0 spiro atoms. The number of nitrogens with zero attached hydrogens (tertiary/aromatic N) is 2. The van der Waals surface area contributed by atoms with Gasteiger partial charge in [0.1, 0.15) is 13.1 Å². The van der Waals surface area contributed by atoms with Crippen LogP contribution in [-0.2, 0) is 6.42 Å². The monoisotopic (exact) mass is 484 g/mol. The van der Waals surface area contributed by atoms with Gasteiger partial charge in [-0.25, -0.2) is 4.39 Å². The normalized spacial score (nSPS) is 19.8. The Labute approximate surface area is 215 Å². The van der Waals surface area contributed by atoms with E-state index in [1.807, 2.05) is 46.1 Å². The Hall–Kier alpha value is -3.45. The van der Waals surface area contributed by atoms with Crippen molar-refractivity contribution in [1.29, 1.82) is 5.41 Å². The zero-order chi connectivity index (χ0) is 26.4. The van der Waals surface area contributed by atoms with Gasteiger partial charge in [0.15, 0.2) is 0 Å². The van der Waals surface area contributed by atoms with E-state index in [1.54, 1.807) is 25.3 Å². The summed E-state index contributed by atoms with van der Waals surface area (Å²) >= 11 is 0. The lowest BCUT2D eigenvalue weighted by atomic mass is 9.76. The molecule has 0 saturated carbocycles. The summed E-state index contributed by atoms with van der Waals surface area (Å²) in [7, 11) is 1.95. The molecule has 2 aliphatic rings. The van der Waals surface area contributed by atoms with Gasteiger partial charge in [0.2, 0.25) is 0 Å². The number of rotatable bonds is 9.